The van der Waals surface area contributed by atoms with E-state index >= 15 is 0 Å². The van der Waals surface area contributed by atoms with Crippen molar-refractivity contribution in [2.75, 3.05) is 6.54 Å². The minimum Gasteiger partial charge on any atom is -0.548 e. The first-order chi connectivity index (χ1) is 9.30. The van der Waals surface area contributed by atoms with Crippen molar-refractivity contribution in [3.05, 3.63) is 0 Å². The van der Waals surface area contributed by atoms with Gasteiger partial charge in [-0.2, -0.15) is 0 Å². The lowest BCUT2D eigenvalue weighted by atomic mass is 10.2. The van der Waals surface area contributed by atoms with Crippen molar-refractivity contribution >= 4 is 18.2 Å². The van der Waals surface area contributed by atoms with Crippen molar-refractivity contribution in [2.24, 2.45) is 0 Å². The molecule has 0 aromatic heterocycles. The first-order valence-electron chi connectivity index (χ1n) is 6.47. The zero-order valence-corrected chi connectivity index (χ0v) is 13.2. The third-order valence-electron chi connectivity index (χ3n) is 1.82. The molecule has 0 radical (unpaired) electrons. The maximum Gasteiger partial charge on any atom is 0.408 e. The minimum absolute atomic E-state index is 0.378. The second-order valence-electron chi connectivity index (χ2n) is 6.40. The van der Waals surface area contributed by atoms with Gasteiger partial charge in [0.2, 0.25) is 0 Å². The number of ether oxygens (including phenoxy) is 2. The Morgan fingerprint density at radius 1 is 0.952 bits per heavy atom. The summed E-state index contributed by atoms with van der Waals surface area (Å²) >= 11 is 0. The molecule has 0 saturated heterocycles. The van der Waals surface area contributed by atoms with E-state index in [9.17, 15) is 19.5 Å². The fourth-order valence-corrected chi connectivity index (χ4v) is 1.14. The van der Waals surface area contributed by atoms with Crippen LogP contribution < -0.4 is 15.7 Å². The Hall–Kier alpha value is -1.99. The SMILES string of the molecule is CC(C)(C)OC(=O)NC[C@H](NC(=O)OC(C)(C)C)C(=O)[O-]. The smallest absolute Gasteiger partial charge is 0.408 e. The number of hydrogen-bond donors (Lipinski definition) is 2. The van der Waals surface area contributed by atoms with Crippen LogP contribution in [-0.4, -0.2) is 41.9 Å². The molecule has 0 aromatic rings. The zero-order valence-electron chi connectivity index (χ0n) is 13.2. The molecule has 2 N–H and O–H groups in total. The standard InChI is InChI=1S/C13H24N2O6/c1-12(2,3)20-10(18)14-7-8(9(16)17)15-11(19)21-13(4,5)6/h8H,7H2,1-6H3,(H,14,18)(H,15,19)(H,16,17)/p-1/t8-/m0/s1. The number of alkyl carbamates (subject to hydrolysis) is 2. The molecule has 8 nitrogen and oxygen atoms in total. The fourth-order valence-electron chi connectivity index (χ4n) is 1.14. The third kappa shape index (κ3) is 10.5. The lowest BCUT2D eigenvalue weighted by Gasteiger charge is -2.25. The number of hydrogen-bond acceptors (Lipinski definition) is 6. The number of nitrogens with one attached hydrogen (secondary N) is 2. The molecule has 21 heavy (non-hydrogen) atoms. The number of amides is 2. The van der Waals surface area contributed by atoms with E-state index in [-0.39, 0.29) is 6.54 Å². The molecule has 0 heterocycles. The Morgan fingerprint density at radius 2 is 1.38 bits per heavy atom. The van der Waals surface area contributed by atoms with Gasteiger partial charge >= 0.3 is 12.2 Å². The van der Waals surface area contributed by atoms with Gasteiger partial charge in [-0.1, -0.05) is 0 Å². The van der Waals surface area contributed by atoms with Crippen LogP contribution in [0.1, 0.15) is 41.5 Å². The normalized spacial score (nSPS) is 13.0. The van der Waals surface area contributed by atoms with Gasteiger partial charge in [0.15, 0.2) is 0 Å². The molecule has 0 saturated carbocycles. The second kappa shape index (κ2) is 7.14. The summed E-state index contributed by atoms with van der Waals surface area (Å²) in [6, 6.07) is -1.42. The average Bonchev–Trinajstić information content (AvgIpc) is 2.18. The number of carboxylic acid groups (broad SMARTS) is 1. The number of carbonyl (C=O) groups excluding carboxylic acids is 3. The van der Waals surface area contributed by atoms with E-state index in [1.54, 1.807) is 41.5 Å². The fraction of sp³-hybridized carbons (Fsp3) is 0.769. The molecule has 0 bridgehead atoms. The Kier molecular flexibility index (Phi) is 6.47. The van der Waals surface area contributed by atoms with Crippen LogP contribution in [0.5, 0.6) is 0 Å². The average molecular weight is 303 g/mol. The van der Waals surface area contributed by atoms with Crippen LogP contribution in [0.2, 0.25) is 0 Å². The first kappa shape index (κ1) is 19.0. The number of carboxylic acids is 1. The van der Waals surface area contributed by atoms with Gasteiger partial charge in [0.1, 0.15) is 11.2 Å². The van der Waals surface area contributed by atoms with E-state index in [1.165, 1.54) is 0 Å². The maximum atomic E-state index is 11.5. The van der Waals surface area contributed by atoms with Gasteiger partial charge in [0.25, 0.3) is 0 Å². The van der Waals surface area contributed by atoms with Crippen molar-refractivity contribution in [3.63, 3.8) is 0 Å². The number of aliphatic carboxylic acids is 1. The van der Waals surface area contributed by atoms with Gasteiger partial charge in [-0.25, -0.2) is 9.59 Å². The van der Waals surface area contributed by atoms with Crippen LogP contribution in [0.15, 0.2) is 0 Å². The predicted octanol–water partition coefficient (Wildman–Crippen LogP) is 0.154. The third-order valence-corrected chi connectivity index (χ3v) is 1.82. The van der Waals surface area contributed by atoms with E-state index < -0.39 is 35.4 Å². The topological polar surface area (TPSA) is 117 Å². The summed E-state index contributed by atoms with van der Waals surface area (Å²) in [5, 5.41) is 15.3. The maximum absolute atomic E-state index is 11.5. The van der Waals surface area contributed by atoms with Crippen LogP contribution in [-0.2, 0) is 14.3 Å². The highest BCUT2D eigenvalue weighted by molar-refractivity contribution is 5.79. The largest absolute Gasteiger partial charge is 0.548 e. The van der Waals surface area contributed by atoms with Gasteiger partial charge in [-0.3, -0.25) is 0 Å². The van der Waals surface area contributed by atoms with Crippen molar-refractivity contribution in [3.8, 4) is 0 Å². The van der Waals surface area contributed by atoms with Crippen LogP contribution >= 0.6 is 0 Å². The van der Waals surface area contributed by atoms with Crippen molar-refractivity contribution < 1.29 is 29.0 Å². The summed E-state index contributed by atoms with van der Waals surface area (Å²) in [7, 11) is 0. The van der Waals surface area contributed by atoms with Gasteiger partial charge in [0, 0.05) is 6.54 Å². The summed E-state index contributed by atoms with van der Waals surface area (Å²) in [6.07, 6.45) is -1.71. The molecule has 0 unspecified atom stereocenters. The lowest BCUT2D eigenvalue weighted by molar-refractivity contribution is -0.308. The van der Waals surface area contributed by atoms with Crippen LogP contribution in [0.3, 0.4) is 0 Å². The highest BCUT2D eigenvalue weighted by Crippen LogP contribution is 2.07. The Bertz CT molecular complexity index is 394. The molecular formula is C13H23N2O6-. The monoisotopic (exact) mass is 303 g/mol. The van der Waals surface area contributed by atoms with Crippen molar-refractivity contribution in [1.82, 2.24) is 10.6 Å². The molecule has 8 heteroatoms. The number of carbonyl (C=O) groups is 3. The Morgan fingerprint density at radius 3 is 1.76 bits per heavy atom. The van der Waals surface area contributed by atoms with E-state index in [2.05, 4.69) is 10.6 Å². The van der Waals surface area contributed by atoms with Crippen LogP contribution in [0.4, 0.5) is 9.59 Å². The van der Waals surface area contributed by atoms with E-state index in [4.69, 9.17) is 9.47 Å². The number of rotatable bonds is 4. The molecule has 0 fully saturated rings. The molecule has 0 aromatic carbocycles. The first-order valence-corrected chi connectivity index (χ1v) is 6.47. The van der Waals surface area contributed by atoms with Crippen molar-refractivity contribution in [1.29, 1.82) is 0 Å². The predicted molar refractivity (Wildman–Crippen MR) is 72.4 cm³/mol. The summed E-state index contributed by atoms with van der Waals surface area (Å²) in [6.45, 7) is 9.54. The molecule has 2 amide bonds. The van der Waals surface area contributed by atoms with Gasteiger partial charge in [0.05, 0.1) is 12.0 Å². The van der Waals surface area contributed by atoms with Gasteiger partial charge in [-0.15, -0.1) is 0 Å². The lowest BCUT2D eigenvalue weighted by Crippen LogP contribution is -2.54. The summed E-state index contributed by atoms with van der Waals surface area (Å²) in [4.78, 5) is 33.8. The Labute approximate surface area is 124 Å². The molecule has 0 aliphatic heterocycles. The van der Waals surface area contributed by atoms with Gasteiger partial charge in [-0.05, 0) is 41.5 Å². The molecule has 0 spiro atoms. The quantitative estimate of drug-likeness (QED) is 0.763. The highest BCUT2D eigenvalue weighted by Gasteiger charge is 2.22. The molecule has 122 valence electrons. The highest BCUT2D eigenvalue weighted by atomic mass is 16.6. The molecule has 0 rings (SSSR count). The molecular weight excluding hydrogens is 280 g/mol. The van der Waals surface area contributed by atoms with Crippen molar-refractivity contribution in [2.45, 2.75) is 58.8 Å². The van der Waals surface area contributed by atoms with Gasteiger partial charge < -0.3 is 30.0 Å². The van der Waals surface area contributed by atoms with E-state index in [0.29, 0.717) is 0 Å². The zero-order chi connectivity index (χ0) is 16.8. The Balaban J connectivity index is 4.42. The minimum atomic E-state index is -1.54. The molecule has 0 aliphatic rings. The van der Waals surface area contributed by atoms with Crippen LogP contribution in [0, 0.1) is 0 Å². The summed E-state index contributed by atoms with van der Waals surface area (Å²) in [5.74, 6) is -1.54. The van der Waals surface area contributed by atoms with Crippen LogP contribution in [0.25, 0.3) is 0 Å². The molecule has 0 aliphatic carbocycles. The second-order valence-corrected chi connectivity index (χ2v) is 6.40. The molecule has 1 atom stereocenters. The summed E-state index contributed by atoms with van der Waals surface area (Å²) in [5.41, 5.74) is -1.47. The summed E-state index contributed by atoms with van der Waals surface area (Å²) < 4.78 is 9.87. The van der Waals surface area contributed by atoms with E-state index in [0.717, 1.165) is 0 Å². The van der Waals surface area contributed by atoms with E-state index in [1.807, 2.05) is 0 Å².